The minimum absolute atomic E-state index is 0.0891. The molecule has 0 radical (unpaired) electrons. The second-order valence-corrected chi connectivity index (χ2v) is 9.90. The predicted octanol–water partition coefficient (Wildman–Crippen LogP) is 2.22. The highest BCUT2D eigenvalue weighted by atomic mass is 16.6. The maximum Gasteiger partial charge on any atom is 0.408 e. The van der Waals surface area contributed by atoms with E-state index < -0.39 is 29.6 Å². The van der Waals surface area contributed by atoms with Crippen molar-refractivity contribution < 1.29 is 28.7 Å². The van der Waals surface area contributed by atoms with Gasteiger partial charge in [0.1, 0.15) is 5.60 Å². The number of ether oxygens (including phenoxy) is 1. The molecule has 176 valence electrons. The van der Waals surface area contributed by atoms with E-state index in [0.29, 0.717) is 11.4 Å². The van der Waals surface area contributed by atoms with Gasteiger partial charge < -0.3 is 19.9 Å². The fraction of sp³-hybridized carbons (Fsp3) is 0.542. The van der Waals surface area contributed by atoms with E-state index in [4.69, 9.17) is 4.74 Å². The smallest absolute Gasteiger partial charge is 0.408 e. The zero-order valence-electron chi connectivity index (χ0n) is 19.1. The van der Waals surface area contributed by atoms with E-state index in [1.165, 1.54) is 9.80 Å². The molecule has 0 unspecified atom stereocenters. The van der Waals surface area contributed by atoms with Crippen molar-refractivity contribution in [1.29, 1.82) is 0 Å². The highest BCUT2D eigenvalue weighted by molar-refractivity contribution is 6.23. The van der Waals surface area contributed by atoms with Crippen LogP contribution >= 0.6 is 0 Å². The average Bonchev–Trinajstić information content (AvgIpc) is 3.62. The number of rotatable bonds is 7. The van der Waals surface area contributed by atoms with Gasteiger partial charge in [0, 0.05) is 11.8 Å². The summed E-state index contributed by atoms with van der Waals surface area (Å²) in [5.74, 6) is -1.82. The van der Waals surface area contributed by atoms with Crippen LogP contribution in [-0.4, -0.2) is 54.2 Å². The number of ketones is 2. The molecule has 4 rings (SSSR count). The van der Waals surface area contributed by atoms with Gasteiger partial charge in [0.25, 0.3) is 11.8 Å². The molecule has 2 saturated carbocycles. The van der Waals surface area contributed by atoms with E-state index in [-0.39, 0.29) is 36.5 Å². The predicted molar refractivity (Wildman–Crippen MR) is 120 cm³/mol. The first-order valence-electron chi connectivity index (χ1n) is 11.3. The van der Waals surface area contributed by atoms with Crippen LogP contribution in [0.25, 0.3) is 0 Å². The van der Waals surface area contributed by atoms with Gasteiger partial charge in [-0.15, -0.1) is 0 Å². The summed E-state index contributed by atoms with van der Waals surface area (Å²) >= 11 is 0. The molecule has 0 saturated heterocycles. The summed E-state index contributed by atoms with van der Waals surface area (Å²) < 4.78 is 5.26. The molecule has 1 heterocycles. The molecule has 1 aliphatic heterocycles. The Hall–Kier alpha value is -3.23. The third-order valence-corrected chi connectivity index (χ3v) is 5.84. The van der Waals surface area contributed by atoms with E-state index >= 15 is 0 Å². The summed E-state index contributed by atoms with van der Waals surface area (Å²) in [6.45, 7) is 4.59. The summed E-state index contributed by atoms with van der Waals surface area (Å²) in [4.78, 5) is 67.4. The zero-order valence-corrected chi connectivity index (χ0v) is 19.1. The van der Waals surface area contributed by atoms with Gasteiger partial charge in [-0.2, -0.15) is 0 Å². The maximum absolute atomic E-state index is 13.5. The zero-order chi connectivity index (χ0) is 23.9. The average molecular weight is 456 g/mol. The molecule has 9 nitrogen and oxygen atoms in total. The van der Waals surface area contributed by atoms with Crippen LogP contribution < -0.4 is 15.1 Å². The molecule has 3 amide bonds. The first kappa shape index (κ1) is 22.9. The lowest BCUT2D eigenvalue weighted by atomic mass is 10.2. The third kappa shape index (κ3) is 5.23. The molecular weight excluding hydrogens is 426 g/mol. The number of hydrogen-bond acceptors (Lipinski definition) is 6. The SMILES string of the molecule is CC(C)(C)OC(=O)NC1C(=O)N(CC(=O)C2CC2)c2ccccc2N(CC(=O)C2CC2)C1=O. The van der Waals surface area contributed by atoms with E-state index in [2.05, 4.69) is 5.32 Å². The van der Waals surface area contributed by atoms with Gasteiger partial charge in [0.2, 0.25) is 0 Å². The molecule has 2 fully saturated rings. The molecule has 33 heavy (non-hydrogen) atoms. The van der Waals surface area contributed by atoms with E-state index in [0.717, 1.165) is 25.7 Å². The topological polar surface area (TPSA) is 113 Å². The summed E-state index contributed by atoms with van der Waals surface area (Å²) in [6, 6.07) is 5.07. The van der Waals surface area contributed by atoms with Gasteiger partial charge >= 0.3 is 6.09 Å². The molecule has 1 aromatic carbocycles. The Morgan fingerprint density at radius 3 is 1.67 bits per heavy atom. The number of hydrogen-bond donors (Lipinski definition) is 1. The van der Waals surface area contributed by atoms with Crippen LogP contribution in [0.1, 0.15) is 46.5 Å². The molecule has 0 bridgehead atoms. The number of alkyl carbamates (subject to hydrolysis) is 1. The molecule has 3 aliphatic rings. The van der Waals surface area contributed by atoms with E-state index in [1.807, 2.05) is 0 Å². The van der Waals surface area contributed by atoms with Crippen LogP contribution in [0.2, 0.25) is 0 Å². The van der Waals surface area contributed by atoms with Crippen LogP contribution in [0, 0.1) is 11.8 Å². The Balaban J connectivity index is 1.71. The molecule has 0 spiro atoms. The highest BCUT2D eigenvalue weighted by Crippen LogP contribution is 2.37. The molecular formula is C24H29N3O6. The third-order valence-electron chi connectivity index (χ3n) is 5.84. The Labute approximate surface area is 192 Å². The Bertz CT molecular complexity index is 941. The van der Waals surface area contributed by atoms with Crippen molar-refractivity contribution in [2.24, 2.45) is 11.8 Å². The number of benzene rings is 1. The molecule has 0 aromatic heterocycles. The number of Topliss-reactive ketones (excluding diaryl/α,β-unsaturated/α-hetero) is 2. The second-order valence-electron chi connectivity index (χ2n) is 9.90. The lowest BCUT2D eigenvalue weighted by Crippen LogP contribution is -2.57. The number of para-hydroxylation sites is 2. The monoisotopic (exact) mass is 455 g/mol. The number of amides is 3. The highest BCUT2D eigenvalue weighted by Gasteiger charge is 2.44. The van der Waals surface area contributed by atoms with Crippen molar-refractivity contribution in [3.8, 4) is 0 Å². The van der Waals surface area contributed by atoms with Gasteiger partial charge in [0.05, 0.1) is 24.5 Å². The molecule has 2 aliphatic carbocycles. The minimum Gasteiger partial charge on any atom is -0.444 e. The molecule has 1 aromatic rings. The van der Waals surface area contributed by atoms with Gasteiger partial charge in [0.15, 0.2) is 17.6 Å². The number of anilines is 2. The van der Waals surface area contributed by atoms with Crippen molar-refractivity contribution in [3.05, 3.63) is 24.3 Å². The number of carbonyl (C=O) groups is 5. The van der Waals surface area contributed by atoms with Crippen molar-refractivity contribution in [2.45, 2.75) is 58.1 Å². The lowest BCUT2D eigenvalue weighted by Gasteiger charge is -2.26. The van der Waals surface area contributed by atoms with Gasteiger partial charge in [-0.3, -0.25) is 19.2 Å². The maximum atomic E-state index is 13.5. The van der Waals surface area contributed by atoms with Crippen LogP contribution in [0.3, 0.4) is 0 Å². The van der Waals surface area contributed by atoms with Crippen LogP contribution in [0.15, 0.2) is 24.3 Å². The second kappa shape index (κ2) is 8.61. The standard InChI is InChI=1S/C24H29N3O6/c1-24(2,3)33-23(32)25-20-21(30)26(12-18(28)14-8-9-14)16-6-4-5-7-17(16)27(22(20)31)13-19(29)15-10-11-15/h4-7,14-15,20H,8-13H2,1-3H3,(H,25,32). The Kier molecular flexibility index (Phi) is 5.99. The largest absolute Gasteiger partial charge is 0.444 e. The number of nitrogens with one attached hydrogen (secondary N) is 1. The number of fused-ring (bicyclic) bond motifs is 1. The van der Waals surface area contributed by atoms with E-state index in [1.54, 1.807) is 45.0 Å². The number of nitrogens with zero attached hydrogens (tertiary/aromatic N) is 2. The van der Waals surface area contributed by atoms with Crippen molar-refractivity contribution in [3.63, 3.8) is 0 Å². The summed E-state index contributed by atoms with van der Waals surface area (Å²) in [5, 5.41) is 2.38. The van der Waals surface area contributed by atoms with Crippen LogP contribution in [-0.2, 0) is 23.9 Å². The minimum atomic E-state index is -1.62. The van der Waals surface area contributed by atoms with Gasteiger partial charge in [-0.1, -0.05) is 12.1 Å². The first-order chi connectivity index (χ1) is 15.5. The van der Waals surface area contributed by atoms with Crippen molar-refractivity contribution >= 4 is 40.8 Å². The summed E-state index contributed by atoms with van der Waals surface area (Å²) in [6.07, 6.45) is 2.19. The van der Waals surface area contributed by atoms with Gasteiger partial charge in [-0.25, -0.2) is 4.79 Å². The fourth-order valence-electron chi connectivity index (χ4n) is 3.83. The summed E-state index contributed by atoms with van der Waals surface area (Å²) in [5.41, 5.74) is -0.114. The van der Waals surface area contributed by atoms with E-state index in [9.17, 15) is 24.0 Å². The first-order valence-corrected chi connectivity index (χ1v) is 11.3. The van der Waals surface area contributed by atoms with Crippen LogP contribution in [0.5, 0.6) is 0 Å². The fourth-order valence-corrected chi connectivity index (χ4v) is 3.83. The Morgan fingerprint density at radius 1 is 0.879 bits per heavy atom. The van der Waals surface area contributed by atoms with Crippen molar-refractivity contribution in [2.75, 3.05) is 22.9 Å². The van der Waals surface area contributed by atoms with Crippen molar-refractivity contribution in [1.82, 2.24) is 5.32 Å². The normalized spacial score (nSPS) is 19.1. The lowest BCUT2D eigenvalue weighted by molar-refractivity contribution is -0.131. The molecule has 9 heteroatoms. The van der Waals surface area contributed by atoms with Gasteiger partial charge in [-0.05, 0) is 58.6 Å². The Morgan fingerprint density at radius 2 is 1.30 bits per heavy atom. The molecule has 0 atom stereocenters. The summed E-state index contributed by atoms with van der Waals surface area (Å²) in [7, 11) is 0. The quantitative estimate of drug-likeness (QED) is 0.631. The molecule has 1 N–H and O–H groups in total. The number of carbonyl (C=O) groups excluding carboxylic acids is 5. The van der Waals surface area contributed by atoms with Crippen LogP contribution in [0.4, 0.5) is 16.2 Å².